The van der Waals surface area contributed by atoms with Crippen LogP contribution in [0.15, 0.2) is 41.3 Å². The monoisotopic (exact) mass is 191 g/mol. The van der Waals surface area contributed by atoms with Crippen molar-refractivity contribution in [3.8, 4) is 0 Å². The van der Waals surface area contributed by atoms with Crippen LogP contribution in [-0.4, -0.2) is 11.2 Å². The third-order valence-corrected chi connectivity index (χ3v) is 2.21. The highest BCUT2D eigenvalue weighted by Gasteiger charge is 2.00. The van der Waals surface area contributed by atoms with Crippen LogP contribution >= 0.6 is 0 Å². The summed E-state index contributed by atoms with van der Waals surface area (Å²) in [4.78, 5) is 11.4. The minimum absolute atomic E-state index is 0.0179. The minimum Gasteiger partial charge on any atom is -0.345 e. The fourth-order valence-electron chi connectivity index (χ4n) is 1.55. The smallest absolute Gasteiger partial charge is 0.189 e. The highest BCUT2D eigenvalue weighted by Crippen LogP contribution is 2.08. The van der Waals surface area contributed by atoms with Crippen molar-refractivity contribution < 1.29 is 4.39 Å². The summed E-state index contributed by atoms with van der Waals surface area (Å²) in [5.41, 5.74) is 0.772. The Bertz CT molecular complexity index is 504. The Balaban J connectivity index is 2.75. The average molecular weight is 191 g/mol. The van der Waals surface area contributed by atoms with E-state index in [1.807, 2.05) is 18.2 Å². The van der Waals surface area contributed by atoms with Gasteiger partial charge in [0.25, 0.3) is 0 Å². The molecule has 0 fully saturated rings. The fraction of sp³-hybridized carbons (Fsp3) is 0.182. The lowest BCUT2D eigenvalue weighted by Gasteiger charge is -2.07. The van der Waals surface area contributed by atoms with Gasteiger partial charge < -0.3 is 4.57 Å². The molecule has 0 atom stereocenters. The molecule has 0 unspecified atom stereocenters. The number of hydrogen-bond donors (Lipinski definition) is 0. The highest BCUT2D eigenvalue weighted by atomic mass is 19.1. The Morgan fingerprint density at radius 2 is 2.00 bits per heavy atom. The number of fused-ring (bicyclic) bond motifs is 1. The van der Waals surface area contributed by atoms with Crippen LogP contribution in [0.1, 0.15) is 0 Å². The van der Waals surface area contributed by atoms with Crippen LogP contribution < -0.4 is 5.43 Å². The van der Waals surface area contributed by atoms with E-state index in [4.69, 9.17) is 0 Å². The first kappa shape index (κ1) is 8.94. The first-order valence-electron chi connectivity index (χ1n) is 4.47. The fourth-order valence-corrected chi connectivity index (χ4v) is 1.55. The zero-order valence-corrected chi connectivity index (χ0v) is 7.61. The molecule has 0 amide bonds. The number of alkyl halides is 1. The van der Waals surface area contributed by atoms with Crippen molar-refractivity contribution in [1.82, 2.24) is 4.57 Å². The Morgan fingerprint density at radius 1 is 1.21 bits per heavy atom. The molecule has 2 rings (SSSR count). The predicted octanol–water partition coefficient (Wildman–Crippen LogP) is 1.97. The first-order valence-corrected chi connectivity index (χ1v) is 4.47. The molecule has 2 aromatic rings. The summed E-state index contributed by atoms with van der Waals surface area (Å²) in [6.07, 6.45) is 1.63. The van der Waals surface area contributed by atoms with Gasteiger partial charge in [-0.1, -0.05) is 12.1 Å². The standard InChI is InChI=1S/C11H10FNO/c12-6-8-13-7-5-11(14)9-3-1-2-4-10(9)13/h1-5,7H,6,8H2. The van der Waals surface area contributed by atoms with E-state index in [0.29, 0.717) is 11.9 Å². The molecule has 2 nitrogen and oxygen atoms in total. The van der Waals surface area contributed by atoms with E-state index in [2.05, 4.69) is 0 Å². The van der Waals surface area contributed by atoms with Crippen molar-refractivity contribution >= 4 is 10.9 Å². The van der Waals surface area contributed by atoms with Gasteiger partial charge in [0.05, 0.1) is 12.1 Å². The second kappa shape index (κ2) is 3.62. The van der Waals surface area contributed by atoms with Gasteiger partial charge in [0.2, 0.25) is 0 Å². The van der Waals surface area contributed by atoms with Crippen LogP contribution in [0.3, 0.4) is 0 Å². The van der Waals surface area contributed by atoms with Crippen molar-refractivity contribution in [3.63, 3.8) is 0 Å². The number of nitrogens with zero attached hydrogens (tertiary/aromatic N) is 1. The zero-order chi connectivity index (χ0) is 9.97. The topological polar surface area (TPSA) is 22.0 Å². The number of benzene rings is 1. The molecule has 14 heavy (non-hydrogen) atoms. The van der Waals surface area contributed by atoms with E-state index in [1.165, 1.54) is 6.07 Å². The zero-order valence-electron chi connectivity index (χ0n) is 7.61. The maximum atomic E-state index is 12.2. The molecule has 0 saturated carbocycles. The number of halogens is 1. The molecule has 1 aromatic carbocycles. The normalized spacial score (nSPS) is 10.6. The van der Waals surface area contributed by atoms with Gasteiger partial charge in [-0.25, -0.2) is 4.39 Å². The van der Waals surface area contributed by atoms with Gasteiger partial charge in [0.1, 0.15) is 6.67 Å². The summed E-state index contributed by atoms with van der Waals surface area (Å²) in [5.74, 6) is 0. The summed E-state index contributed by atoms with van der Waals surface area (Å²) in [5, 5.41) is 0.642. The Labute approximate surface area is 80.6 Å². The molecule has 0 aliphatic heterocycles. The SMILES string of the molecule is O=c1ccn(CCF)c2ccccc12. The summed E-state index contributed by atoms with van der Waals surface area (Å²) < 4.78 is 14.0. The van der Waals surface area contributed by atoms with Gasteiger partial charge in [-0.2, -0.15) is 0 Å². The first-order chi connectivity index (χ1) is 6.83. The van der Waals surface area contributed by atoms with E-state index in [-0.39, 0.29) is 5.43 Å². The Morgan fingerprint density at radius 3 is 2.79 bits per heavy atom. The van der Waals surface area contributed by atoms with E-state index in [9.17, 15) is 9.18 Å². The number of hydrogen-bond acceptors (Lipinski definition) is 1. The molecule has 0 aliphatic rings. The molecule has 0 spiro atoms. The highest BCUT2D eigenvalue weighted by molar-refractivity contribution is 5.78. The lowest BCUT2D eigenvalue weighted by Crippen LogP contribution is -2.08. The number of aryl methyl sites for hydroxylation is 1. The van der Waals surface area contributed by atoms with Crippen LogP contribution in [0.25, 0.3) is 10.9 Å². The van der Waals surface area contributed by atoms with Gasteiger partial charge in [-0.05, 0) is 12.1 Å². The van der Waals surface area contributed by atoms with E-state index in [0.717, 1.165) is 5.52 Å². The van der Waals surface area contributed by atoms with Crippen molar-refractivity contribution in [1.29, 1.82) is 0 Å². The molecule has 0 N–H and O–H groups in total. The summed E-state index contributed by atoms with van der Waals surface area (Å²) in [7, 11) is 0. The summed E-state index contributed by atoms with van der Waals surface area (Å²) in [6, 6.07) is 8.71. The predicted molar refractivity (Wildman–Crippen MR) is 54.2 cm³/mol. The number of aromatic nitrogens is 1. The molecular weight excluding hydrogens is 181 g/mol. The molecule has 0 saturated heterocycles. The number of rotatable bonds is 2. The Kier molecular flexibility index (Phi) is 2.31. The van der Waals surface area contributed by atoms with Crippen LogP contribution in [0.4, 0.5) is 4.39 Å². The minimum atomic E-state index is -0.424. The van der Waals surface area contributed by atoms with Crippen LogP contribution in [-0.2, 0) is 6.54 Å². The van der Waals surface area contributed by atoms with Gasteiger partial charge in [-0.3, -0.25) is 4.79 Å². The lowest BCUT2D eigenvalue weighted by atomic mass is 10.2. The lowest BCUT2D eigenvalue weighted by molar-refractivity contribution is 0.450. The second-order valence-electron chi connectivity index (χ2n) is 3.08. The number of para-hydroxylation sites is 1. The number of pyridine rings is 1. The molecule has 0 radical (unpaired) electrons. The molecule has 1 aromatic heterocycles. The maximum absolute atomic E-state index is 12.2. The van der Waals surface area contributed by atoms with Crippen LogP contribution in [0.2, 0.25) is 0 Å². The largest absolute Gasteiger partial charge is 0.345 e. The second-order valence-corrected chi connectivity index (χ2v) is 3.08. The Hall–Kier alpha value is -1.64. The summed E-state index contributed by atoms with van der Waals surface area (Å²) >= 11 is 0. The van der Waals surface area contributed by atoms with E-state index < -0.39 is 6.67 Å². The van der Waals surface area contributed by atoms with Gasteiger partial charge in [-0.15, -0.1) is 0 Å². The third kappa shape index (κ3) is 1.41. The molecule has 1 heterocycles. The van der Waals surface area contributed by atoms with Crippen LogP contribution in [0, 0.1) is 0 Å². The maximum Gasteiger partial charge on any atom is 0.189 e. The quantitative estimate of drug-likeness (QED) is 0.711. The van der Waals surface area contributed by atoms with Crippen molar-refractivity contribution in [2.45, 2.75) is 6.54 Å². The molecule has 72 valence electrons. The molecule has 0 bridgehead atoms. The third-order valence-electron chi connectivity index (χ3n) is 2.21. The van der Waals surface area contributed by atoms with E-state index in [1.54, 1.807) is 16.8 Å². The molecule has 0 aliphatic carbocycles. The molecular formula is C11H10FNO. The van der Waals surface area contributed by atoms with Crippen molar-refractivity contribution in [2.24, 2.45) is 0 Å². The van der Waals surface area contributed by atoms with Crippen molar-refractivity contribution in [2.75, 3.05) is 6.67 Å². The van der Waals surface area contributed by atoms with Crippen molar-refractivity contribution in [3.05, 3.63) is 46.8 Å². The van der Waals surface area contributed by atoms with Gasteiger partial charge in [0.15, 0.2) is 5.43 Å². The van der Waals surface area contributed by atoms with Gasteiger partial charge >= 0.3 is 0 Å². The van der Waals surface area contributed by atoms with Crippen LogP contribution in [0.5, 0.6) is 0 Å². The van der Waals surface area contributed by atoms with E-state index >= 15 is 0 Å². The molecule has 3 heteroatoms. The average Bonchev–Trinajstić information content (AvgIpc) is 2.23. The summed E-state index contributed by atoms with van der Waals surface area (Å²) in [6.45, 7) is -0.131. The van der Waals surface area contributed by atoms with Gasteiger partial charge in [0, 0.05) is 17.6 Å².